The molecule has 0 spiro atoms. The van der Waals surface area contributed by atoms with Crippen LogP contribution in [0.1, 0.15) is 56.6 Å². The van der Waals surface area contributed by atoms with Crippen LogP contribution < -0.4 is 4.74 Å². The van der Waals surface area contributed by atoms with Crippen LogP contribution in [-0.2, 0) is 5.41 Å². The second-order valence-electron chi connectivity index (χ2n) is 9.83. The van der Waals surface area contributed by atoms with Crippen LogP contribution in [0.4, 0.5) is 0 Å². The van der Waals surface area contributed by atoms with E-state index in [1.54, 1.807) is 6.92 Å². The maximum atomic E-state index is 9.44. The van der Waals surface area contributed by atoms with Crippen LogP contribution >= 0.6 is 0 Å². The summed E-state index contributed by atoms with van der Waals surface area (Å²) < 4.78 is 5.87. The van der Waals surface area contributed by atoms with Gasteiger partial charge in [0.1, 0.15) is 5.75 Å². The first-order valence-electron chi connectivity index (χ1n) is 11.2. The summed E-state index contributed by atoms with van der Waals surface area (Å²) >= 11 is 0. The van der Waals surface area contributed by atoms with Crippen molar-refractivity contribution in [2.45, 2.75) is 57.0 Å². The average molecular weight is 389 g/mol. The van der Waals surface area contributed by atoms with Crippen molar-refractivity contribution < 1.29 is 9.84 Å². The van der Waals surface area contributed by atoms with E-state index in [1.807, 2.05) is 19.3 Å². The molecule has 1 atom stereocenters. The lowest BCUT2D eigenvalue weighted by Gasteiger charge is -2.57. The highest BCUT2D eigenvalue weighted by atomic mass is 16.5. The van der Waals surface area contributed by atoms with E-state index in [2.05, 4.69) is 42.5 Å². The minimum absolute atomic E-state index is 0.329. The largest absolute Gasteiger partial charge is 0.496 e. The molecule has 4 fully saturated rings. The lowest BCUT2D eigenvalue weighted by atomic mass is 9.48. The van der Waals surface area contributed by atoms with Gasteiger partial charge in [0.2, 0.25) is 0 Å². The lowest BCUT2D eigenvalue weighted by Crippen LogP contribution is -2.48. The van der Waals surface area contributed by atoms with Crippen molar-refractivity contribution in [2.75, 3.05) is 7.11 Å². The summed E-state index contributed by atoms with van der Waals surface area (Å²) in [6.07, 6.45) is 11.8. The smallest absolute Gasteiger partial charge is 0.122 e. The Bertz CT molecular complexity index is 871. The predicted molar refractivity (Wildman–Crippen MR) is 119 cm³/mol. The number of hydrogen-bond acceptors (Lipinski definition) is 2. The summed E-state index contributed by atoms with van der Waals surface area (Å²) in [6, 6.07) is 15.4. The molecule has 0 aromatic heterocycles. The van der Waals surface area contributed by atoms with E-state index in [-0.39, 0.29) is 0 Å². The number of methoxy groups -OCH3 is 1. The van der Waals surface area contributed by atoms with Gasteiger partial charge in [0, 0.05) is 5.56 Å². The minimum atomic E-state index is -0.417. The van der Waals surface area contributed by atoms with Gasteiger partial charge < -0.3 is 9.84 Å². The summed E-state index contributed by atoms with van der Waals surface area (Å²) in [5, 5.41) is 9.44. The molecule has 4 bridgehead atoms. The van der Waals surface area contributed by atoms with E-state index in [1.165, 1.54) is 55.2 Å². The Labute approximate surface area is 174 Å². The Morgan fingerprint density at radius 2 is 1.52 bits per heavy atom. The van der Waals surface area contributed by atoms with Crippen molar-refractivity contribution >= 4 is 6.08 Å². The highest BCUT2D eigenvalue weighted by molar-refractivity contribution is 5.68. The number of aliphatic hydroxyl groups is 1. The van der Waals surface area contributed by atoms with E-state index in [4.69, 9.17) is 4.74 Å². The normalized spacial score (nSPS) is 31.3. The van der Waals surface area contributed by atoms with E-state index in [0.717, 1.165) is 29.1 Å². The number of hydrogen-bond donors (Lipinski definition) is 1. The van der Waals surface area contributed by atoms with Crippen LogP contribution in [0.2, 0.25) is 0 Å². The second-order valence-corrected chi connectivity index (χ2v) is 9.83. The Kier molecular flexibility index (Phi) is 4.78. The Morgan fingerprint density at radius 3 is 2.07 bits per heavy atom. The first kappa shape index (κ1) is 18.9. The monoisotopic (exact) mass is 388 g/mol. The van der Waals surface area contributed by atoms with Crippen molar-refractivity contribution in [3.8, 4) is 16.9 Å². The minimum Gasteiger partial charge on any atom is -0.496 e. The topological polar surface area (TPSA) is 29.5 Å². The summed E-state index contributed by atoms with van der Waals surface area (Å²) in [5.74, 6) is 3.85. The average Bonchev–Trinajstić information content (AvgIpc) is 2.71. The zero-order chi connectivity index (χ0) is 20.0. The van der Waals surface area contributed by atoms with Crippen molar-refractivity contribution in [2.24, 2.45) is 17.8 Å². The summed E-state index contributed by atoms with van der Waals surface area (Å²) in [6.45, 7) is 1.77. The van der Waals surface area contributed by atoms with Gasteiger partial charge in [-0.05, 0) is 97.4 Å². The molecule has 2 aromatic rings. The second kappa shape index (κ2) is 7.32. The van der Waals surface area contributed by atoms with Gasteiger partial charge in [-0.25, -0.2) is 0 Å². The van der Waals surface area contributed by atoms with Gasteiger partial charge in [0.15, 0.2) is 0 Å². The Hall–Kier alpha value is -2.06. The van der Waals surface area contributed by atoms with Crippen LogP contribution in [0.25, 0.3) is 17.2 Å². The molecule has 1 unspecified atom stereocenters. The van der Waals surface area contributed by atoms with Gasteiger partial charge in [-0.15, -0.1) is 0 Å². The molecular weight excluding hydrogens is 356 g/mol. The molecule has 0 radical (unpaired) electrons. The zero-order valence-corrected chi connectivity index (χ0v) is 17.6. The Morgan fingerprint density at radius 1 is 0.931 bits per heavy atom. The molecule has 0 aliphatic heterocycles. The number of ether oxygens (including phenoxy) is 1. The van der Waals surface area contributed by atoms with E-state index >= 15 is 0 Å². The standard InChI is InChI=1S/C27H32O2/c1-18(28)3-4-19-5-7-23(8-6-19)24-9-10-26(29-2)25(14-24)27-15-20-11-21(16-27)13-22(12-20)17-27/h3-10,14,18,20-22,28H,11-13,15-17H2,1-2H3/b4-3+. The van der Waals surface area contributed by atoms with E-state index in [9.17, 15) is 5.11 Å². The summed E-state index contributed by atoms with van der Waals surface area (Å²) in [5.41, 5.74) is 5.42. The maximum Gasteiger partial charge on any atom is 0.122 e. The van der Waals surface area contributed by atoms with Gasteiger partial charge in [-0.3, -0.25) is 0 Å². The number of rotatable bonds is 5. The van der Waals surface area contributed by atoms with Crippen LogP contribution in [0, 0.1) is 17.8 Å². The van der Waals surface area contributed by atoms with Gasteiger partial charge in [0.05, 0.1) is 13.2 Å². The molecule has 4 saturated carbocycles. The molecule has 4 aliphatic rings. The van der Waals surface area contributed by atoms with Crippen molar-refractivity contribution in [3.05, 3.63) is 59.7 Å². The first-order valence-corrected chi connectivity index (χ1v) is 11.2. The molecule has 0 saturated heterocycles. The van der Waals surface area contributed by atoms with Crippen LogP contribution in [-0.4, -0.2) is 18.3 Å². The van der Waals surface area contributed by atoms with Gasteiger partial charge >= 0.3 is 0 Å². The van der Waals surface area contributed by atoms with Crippen molar-refractivity contribution in [1.82, 2.24) is 0 Å². The SMILES string of the molecule is COc1ccc(-c2ccc(/C=C/C(C)O)cc2)cc1C12CC3CC(CC(C3)C1)C2. The van der Waals surface area contributed by atoms with E-state index < -0.39 is 6.10 Å². The molecule has 0 amide bonds. The Balaban J connectivity index is 1.49. The highest BCUT2D eigenvalue weighted by Crippen LogP contribution is 2.62. The molecule has 2 nitrogen and oxygen atoms in total. The third-order valence-corrected chi connectivity index (χ3v) is 7.62. The quantitative estimate of drug-likeness (QED) is 0.658. The number of benzene rings is 2. The summed E-state index contributed by atoms with van der Waals surface area (Å²) in [4.78, 5) is 0. The third kappa shape index (κ3) is 3.53. The fraction of sp³-hybridized carbons (Fsp3) is 0.481. The molecule has 6 rings (SSSR count). The molecule has 1 N–H and O–H groups in total. The molecule has 0 heterocycles. The number of aliphatic hydroxyl groups excluding tert-OH is 1. The highest BCUT2D eigenvalue weighted by Gasteiger charge is 2.52. The van der Waals surface area contributed by atoms with Gasteiger partial charge in [0.25, 0.3) is 0 Å². The maximum absolute atomic E-state index is 9.44. The fourth-order valence-electron chi connectivity index (χ4n) is 6.78. The van der Waals surface area contributed by atoms with Crippen LogP contribution in [0.3, 0.4) is 0 Å². The fourth-order valence-corrected chi connectivity index (χ4v) is 6.78. The molecule has 152 valence electrons. The molecular formula is C27H32O2. The zero-order valence-electron chi connectivity index (χ0n) is 17.6. The molecule has 2 heteroatoms. The van der Waals surface area contributed by atoms with Crippen LogP contribution in [0.5, 0.6) is 5.75 Å². The van der Waals surface area contributed by atoms with Crippen LogP contribution in [0.15, 0.2) is 48.5 Å². The summed E-state index contributed by atoms with van der Waals surface area (Å²) in [7, 11) is 1.82. The predicted octanol–water partition coefficient (Wildman–Crippen LogP) is 6.22. The van der Waals surface area contributed by atoms with Crippen molar-refractivity contribution in [1.29, 1.82) is 0 Å². The van der Waals surface area contributed by atoms with E-state index in [0.29, 0.717) is 5.41 Å². The molecule has 29 heavy (non-hydrogen) atoms. The third-order valence-electron chi connectivity index (χ3n) is 7.62. The van der Waals surface area contributed by atoms with Crippen molar-refractivity contribution in [3.63, 3.8) is 0 Å². The lowest BCUT2D eigenvalue weighted by molar-refractivity contribution is -0.00613. The molecule has 2 aromatic carbocycles. The van der Waals surface area contributed by atoms with Gasteiger partial charge in [-0.2, -0.15) is 0 Å². The first-order chi connectivity index (χ1) is 14.0. The molecule has 4 aliphatic carbocycles. The van der Waals surface area contributed by atoms with Gasteiger partial charge in [-0.1, -0.05) is 42.5 Å².